The summed E-state index contributed by atoms with van der Waals surface area (Å²) < 4.78 is 16.4. The maximum atomic E-state index is 13.7. The minimum absolute atomic E-state index is 0.0288. The molecule has 5 rings (SSSR count). The molecule has 0 bridgehead atoms. The lowest BCUT2D eigenvalue weighted by Gasteiger charge is -2.45. The lowest BCUT2D eigenvalue weighted by atomic mass is 9.89. The summed E-state index contributed by atoms with van der Waals surface area (Å²) in [6, 6.07) is 13.3. The first-order chi connectivity index (χ1) is 14.6. The third-order valence-electron chi connectivity index (χ3n) is 5.68. The number of para-hydroxylation sites is 2. The number of carbonyl (C=O) groups excluding carboxylic acids is 1. The Bertz CT molecular complexity index is 1120. The van der Waals surface area contributed by atoms with Crippen molar-refractivity contribution in [2.45, 2.75) is 5.54 Å². The Hall–Kier alpha value is -3.52. The zero-order valence-electron chi connectivity index (χ0n) is 17.0. The third-order valence-corrected chi connectivity index (χ3v) is 5.68. The highest BCUT2D eigenvalue weighted by Gasteiger charge is 2.59. The van der Waals surface area contributed by atoms with Crippen molar-refractivity contribution < 1.29 is 19.0 Å². The van der Waals surface area contributed by atoms with Crippen molar-refractivity contribution >= 4 is 28.1 Å². The van der Waals surface area contributed by atoms with E-state index in [2.05, 4.69) is 15.3 Å². The number of carbonyl (C=O) groups is 1. The average molecular weight is 406 g/mol. The number of hydrogen-bond acceptors (Lipinski definition) is 7. The van der Waals surface area contributed by atoms with Crippen LogP contribution in [0.3, 0.4) is 0 Å². The zero-order valence-corrected chi connectivity index (χ0v) is 17.0. The number of fused-ring (bicyclic) bond motifs is 1. The van der Waals surface area contributed by atoms with Crippen molar-refractivity contribution in [1.29, 1.82) is 0 Å². The Balaban J connectivity index is 1.72. The van der Waals surface area contributed by atoms with Gasteiger partial charge in [0.2, 0.25) is 5.78 Å². The van der Waals surface area contributed by atoms with E-state index in [0.29, 0.717) is 41.9 Å². The molecule has 0 saturated carbocycles. The molecule has 1 spiro atoms. The van der Waals surface area contributed by atoms with Gasteiger partial charge >= 0.3 is 0 Å². The zero-order chi connectivity index (χ0) is 20.9. The van der Waals surface area contributed by atoms with Crippen LogP contribution in [0.2, 0.25) is 0 Å². The van der Waals surface area contributed by atoms with Crippen molar-refractivity contribution in [3.8, 4) is 11.5 Å². The number of nitrogens with zero attached hydrogens (tertiary/aromatic N) is 2. The second-order valence-electron chi connectivity index (χ2n) is 7.34. The number of rotatable bonds is 5. The van der Waals surface area contributed by atoms with Gasteiger partial charge in [-0.05, 0) is 12.1 Å². The molecule has 1 fully saturated rings. The van der Waals surface area contributed by atoms with Crippen molar-refractivity contribution in [1.82, 2.24) is 15.3 Å². The first kappa shape index (κ1) is 18.5. The number of imidazole rings is 1. The van der Waals surface area contributed by atoms with Crippen molar-refractivity contribution in [2.75, 3.05) is 39.4 Å². The maximum absolute atomic E-state index is 13.7. The number of nitrogens with one attached hydrogen (secondary N) is 2. The van der Waals surface area contributed by atoms with E-state index in [1.54, 1.807) is 27.3 Å². The molecule has 154 valence electrons. The summed E-state index contributed by atoms with van der Waals surface area (Å²) in [5, 5.41) is 3.22. The number of hydrogen-bond donors (Lipinski definition) is 2. The first-order valence-corrected chi connectivity index (χ1v) is 9.64. The van der Waals surface area contributed by atoms with E-state index in [4.69, 9.17) is 14.2 Å². The number of Topliss-reactive ketones (excluding diaryl/α,β-unsaturated/α-hetero) is 1. The normalized spacial score (nSPS) is 17.6. The van der Waals surface area contributed by atoms with Crippen molar-refractivity contribution in [2.24, 2.45) is 0 Å². The monoisotopic (exact) mass is 406 g/mol. The van der Waals surface area contributed by atoms with Crippen LogP contribution in [0.15, 0.2) is 48.3 Å². The molecule has 0 atom stereocenters. The summed E-state index contributed by atoms with van der Waals surface area (Å²) in [4.78, 5) is 23.6. The van der Waals surface area contributed by atoms with E-state index in [1.807, 2.05) is 41.3 Å². The molecule has 0 radical (unpaired) electrons. The molecular formula is C22H22N4O4. The molecule has 3 aromatic rings. The number of benzene rings is 2. The SMILES string of the molecule is CNC1=C(c2nc3ccccc3[nH]2)C(=O)C2(COC2)N1c1cc(OC)cc(OC)c1. The van der Waals surface area contributed by atoms with Crippen LogP contribution < -0.4 is 19.7 Å². The molecule has 0 amide bonds. The second kappa shape index (κ2) is 6.77. The number of H-pyrrole nitrogens is 1. The van der Waals surface area contributed by atoms with Crippen molar-refractivity contribution in [3.63, 3.8) is 0 Å². The summed E-state index contributed by atoms with van der Waals surface area (Å²) in [6.45, 7) is 0.584. The summed E-state index contributed by atoms with van der Waals surface area (Å²) in [6.07, 6.45) is 0. The van der Waals surface area contributed by atoms with Gasteiger partial charge in [-0.25, -0.2) is 4.98 Å². The van der Waals surface area contributed by atoms with Crippen LogP contribution in [0.4, 0.5) is 5.69 Å². The molecule has 8 nitrogen and oxygen atoms in total. The van der Waals surface area contributed by atoms with E-state index in [-0.39, 0.29) is 5.78 Å². The minimum Gasteiger partial charge on any atom is -0.497 e. The Morgan fingerprint density at radius 2 is 1.83 bits per heavy atom. The van der Waals surface area contributed by atoms with E-state index in [9.17, 15) is 4.79 Å². The topological polar surface area (TPSA) is 88.7 Å². The van der Waals surface area contributed by atoms with E-state index >= 15 is 0 Å². The lowest BCUT2D eigenvalue weighted by Crippen LogP contribution is -2.64. The van der Waals surface area contributed by atoms with Crippen LogP contribution in [0, 0.1) is 0 Å². The Morgan fingerprint density at radius 1 is 1.13 bits per heavy atom. The van der Waals surface area contributed by atoms with Crippen LogP contribution in [-0.2, 0) is 9.53 Å². The number of aromatic nitrogens is 2. The molecule has 2 aliphatic heterocycles. The second-order valence-corrected chi connectivity index (χ2v) is 7.34. The highest BCUT2D eigenvalue weighted by Crippen LogP contribution is 2.46. The third kappa shape index (κ3) is 2.50. The quantitative estimate of drug-likeness (QED) is 0.672. The smallest absolute Gasteiger partial charge is 0.200 e. The van der Waals surface area contributed by atoms with Crippen LogP contribution >= 0.6 is 0 Å². The average Bonchev–Trinajstić information content (AvgIpc) is 3.28. The molecule has 3 heterocycles. The molecular weight excluding hydrogens is 384 g/mol. The van der Waals surface area contributed by atoms with Gasteiger partial charge in [-0.3, -0.25) is 4.79 Å². The van der Waals surface area contributed by atoms with Crippen LogP contribution in [-0.4, -0.2) is 55.8 Å². The molecule has 1 saturated heterocycles. The lowest BCUT2D eigenvalue weighted by molar-refractivity contribution is -0.133. The molecule has 0 aliphatic carbocycles. The summed E-state index contributed by atoms with van der Waals surface area (Å²) in [5.74, 6) is 2.45. The van der Waals surface area contributed by atoms with Crippen LogP contribution in [0.1, 0.15) is 5.82 Å². The fourth-order valence-corrected chi connectivity index (χ4v) is 4.15. The molecule has 2 aromatic carbocycles. The standard InChI is InChI=1S/C22H22N4O4/c1-23-21-18(20-24-16-6-4-5-7-17(16)25-20)19(27)22(11-30-12-22)26(21)13-8-14(28-2)10-15(9-13)29-3/h4-10,23H,11-12H2,1-3H3,(H,24,25). The van der Waals surface area contributed by atoms with Gasteiger partial charge < -0.3 is 29.4 Å². The highest BCUT2D eigenvalue weighted by atomic mass is 16.5. The van der Waals surface area contributed by atoms with Crippen molar-refractivity contribution in [3.05, 3.63) is 54.1 Å². The highest BCUT2D eigenvalue weighted by molar-refractivity contribution is 6.30. The molecule has 2 N–H and O–H groups in total. The number of ether oxygens (including phenoxy) is 3. The molecule has 30 heavy (non-hydrogen) atoms. The fraction of sp³-hybridized carbons (Fsp3) is 0.273. The first-order valence-electron chi connectivity index (χ1n) is 9.64. The predicted molar refractivity (Wildman–Crippen MR) is 113 cm³/mol. The van der Waals surface area contributed by atoms with Gasteiger partial charge in [0.25, 0.3) is 0 Å². The number of methoxy groups -OCH3 is 2. The number of anilines is 1. The molecule has 1 aromatic heterocycles. The van der Waals surface area contributed by atoms with Gasteiger partial charge in [-0.15, -0.1) is 0 Å². The Morgan fingerprint density at radius 3 is 2.40 bits per heavy atom. The van der Waals surface area contributed by atoms with Gasteiger partial charge in [0, 0.05) is 25.2 Å². The summed E-state index contributed by atoms with van der Waals surface area (Å²) >= 11 is 0. The number of aromatic amines is 1. The maximum Gasteiger partial charge on any atom is 0.200 e. The van der Waals surface area contributed by atoms with Gasteiger partial charge in [0.1, 0.15) is 28.7 Å². The largest absolute Gasteiger partial charge is 0.497 e. The minimum atomic E-state index is -0.829. The molecule has 2 aliphatic rings. The van der Waals surface area contributed by atoms with E-state index in [1.165, 1.54) is 0 Å². The predicted octanol–water partition coefficient (Wildman–Crippen LogP) is 2.33. The summed E-state index contributed by atoms with van der Waals surface area (Å²) in [5.41, 5.74) is 2.15. The van der Waals surface area contributed by atoms with Gasteiger partial charge in [0.15, 0.2) is 5.54 Å². The summed E-state index contributed by atoms with van der Waals surface area (Å²) in [7, 11) is 5.00. The van der Waals surface area contributed by atoms with Gasteiger partial charge in [-0.2, -0.15) is 0 Å². The molecule has 0 unspecified atom stereocenters. The van der Waals surface area contributed by atoms with Gasteiger partial charge in [0.05, 0.1) is 44.2 Å². The number of ketones is 1. The van der Waals surface area contributed by atoms with E-state index < -0.39 is 5.54 Å². The fourth-order valence-electron chi connectivity index (χ4n) is 4.15. The van der Waals surface area contributed by atoms with E-state index in [0.717, 1.165) is 16.7 Å². The molecule has 8 heteroatoms. The Kier molecular flexibility index (Phi) is 4.18. The van der Waals surface area contributed by atoms with Crippen LogP contribution in [0.25, 0.3) is 16.6 Å². The van der Waals surface area contributed by atoms with Gasteiger partial charge in [-0.1, -0.05) is 12.1 Å². The van der Waals surface area contributed by atoms with Crippen LogP contribution in [0.5, 0.6) is 11.5 Å². The Labute approximate surface area is 173 Å².